The summed E-state index contributed by atoms with van der Waals surface area (Å²) in [5.74, 6) is -0.0492. The molecule has 0 aromatic carbocycles. The number of carbonyl (C=O) groups is 2. The molecular weight excluding hydrogens is 310 g/mol. The van der Waals surface area contributed by atoms with Crippen LogP contribution in [-0.2, 0) is 12.8 Å². The molecule has 1 aromatic heterocycles. The van der Waals surface area contributed by atoms with Gasteiger partial charge >= 0.3 is 5.97 Å². The fourth-order valence-electron chi connectivity index (χ4n) is 3.50. The SMILES string of the molecule is CCSC(=O)c1c(CC)nc(C2CCCC2)c(C(=O)O)c1CC. The third-order valence-corrected chi connectivity index (χ3v) is 5.28. The van der Waals surface area contributed by atoms with Crippen molar-refractivity contribution in [2.75, 3.05) is 5.75 Å². The van der Waals surface area contributed by atoms with Crippen LogP contribution in [0.2, 0.25) is 0 Å². The van der Waals surface area contributed by atoms with Crippen LogP contribution in [0.5, 0.6) is 0 Å². The summed E-state index contributed by atoms with van der Waals surface area (Å²) < 4.78 is 0. The van der Waals surface area contributed by atoms with E-state index < -0.39 is 5.97 Å². The van der Waals surface area contributed by atoms with Crippen molar-refractivity contribution in [3.8, 4) is 0 Å². The molecule has 0 bridgehead atoms. The van der Waals surface area contributed by atoms with Crippen LogP contribution in [0.4, 0.5) is 0 Å². The van der Waals surface area contributed by atoms with E-state index in [0.29, 0.717) is 35.4 Å². The normalized spacial score (nSPS) is 15.1. The number of aromatic nitrogens is 1. The summed E-state index contributed by atoms with van der Waals surface area (Å²) in [7, 11) is 0. The molecule has 1 aromatic rings. The van der Waals surface area contributed by atoms with Gasteiger partial charge in [0, 0.05) is 5.92 Å². The molecule has 0 saturated heterocycles. The number of carbonyl (C=O) groups excluding carboxylic acids is 1. The molecular formula is C18H25NO3S. The molecule has 0 radical (unpaired) electrons. The van der Waals surface area contributed by atoms with Gasteiger partial charge < -0.3 is 5.11 Å². The molecule has 1 heterocycles. The van der Waals surface area contributed by atoms with E-state index in [9.17, 15) is 14.7 Å². The highest BCUT2D eigenvalue weighted by Gasteiger charge is 2.30. The van der Waals surface area contributed by atoms with Crippen LogP contribution in [0.3, 0.4) is 0 Å². The Bertz CT molecular complexity index is 607. The van der Waals surface area contributed by atoms with Crippen LogP contribution < -0.4 is 0 Å². The van der Waals surface area contributed by atoms with E-state index in [1.807, 2.05) is 20.8 Å². The zero-order valence-electron chi connectivity index (χ0n) is 14.1. The van der Waals surface area contributed by atoms with E-state index in [1.54, 1.807) is 0 Å². The van der Waals surface area contributed by atoms with Crippen LogP contribution in [0.15, 0.2) is 0 Å². The van der Waals surface area contributed by atoms with Crippen molar-refractivity contribution in [2.45, 2.75) is 65.2 Å². The summed E-state index contributed by atoms with van der Waals surface area (Å²) in [6.07, 6.45) is 5.44. The fourth-order valence-corrected chi connectivity index (χ4v) is 4.15. The Morgan fingerprint density at radius 1 is 1.13 bits per heavy atom. The number of pyridine rings is 1. The van der Waals surface area contributed by atoms with E-state index in [-0.39, 0.29) is 16.6 Å². The zero-order valence-corrected chi connectivity index (χ0v) is 15.0. The molecule has 0 atom stereocenters. The quantitative estimate of drug-likeness (QED) is 0.831. The molecule has 0 amide bonds. The smallest absolute Gasteiger partial charge is 0.337 e. The number of aryl methyl sites for hydroxylation is 1. The van der Waals surface area contributed by atoms with Gasteiger partial charge in [0.05, 0.1) is 22.5 Å². The lowest BCUT2D eigenvalue weighted by Crippen LogP contribution is -2.19. The first-order chi connectivity index (χ1) is 11.0. The molecule has 1 N–H and O–H groups in total. The van der Waals surface area contributed by atoms with Crippen LogP contribution in [-0.4, -0.2) is 26.9 Å². The van der Waals surface area contributed by atoms with Gasteiger partial charge in [0.2, 0.25) is 5.12 Å². The summed E-state index contributed by atoms with van der Waals surface area (Å²) in [5.41, 5.74) is 2.98. The Labute approximate surface area is 142 Å². The van der Waals surface area contributed by atoms with Crippen LogP contribution in [0.25, 0.3) is 0 Å². The van der Waals surface area contributed by atoms with Crippen molar-refractivity contribution >= 4 is 22.8 Å². The average molecular weight is 335 g/mol. The van der Waals surface area contributed by atoms with Gasteiger partial charge in [0.25, 0.3) is 0 Å². The lowest BCUT2D eigenvalue weighted by atomic mass is 9.90. The number of aromatic carboxylic acids is 1. The number of carboxylic acids is 1. The molecule has 0 spiro atoms. The second-order valence-electron chi connectivity index (χ2n) is 5.89. The maximum atomic E-state index is 12.5. The van der Waals surface area contributed by atoms with E-state index >= 15 is 0 Å². The highest BCUT2D eigenvalue weighted by Crippen LogP contribution is 2.38. The molecule has 1 aliphatic rings. The summed E-state index contributed by atoms with van der Waals surface area (Å²) in [4.78, 5) is 29.2. The Kier molecular flexibility index (Phi) is 6.22. The lowest BCUT2D eigenvalue weighted by Gasteiger charge is -2.20. The summed E-state index contributed by atoms with van der Waals surface area (Å²) in [6.45, 7) is 5.83. The first-order valence-electron chi connectivity index (χ1n) is 8.51. The second-order valence-corrected chi connectivity index (χ2v) is 7.12. The Morgan fingerprint density at radius 2 is 1.78 bits per heavy atom. The molecule has 1 saturated carbocycles. The van der Waals surface area contributed by atoms with Gasteiger partial charge in [0.15, 0.2) is 0 Å². The Balaban J connectivity index is 2.70. The number of rotatable bonds is 6. The van der Waals surface area contributed by atoms with Crippen molar-refractivity contribution in [3.63, 3.8) is 0 Å². The molecule has 0 unspecified atom stereocenters. The molecule has 1 aliphatic carbocycles. The summed E-state index contributed by atoms with van der Waals surface area (Å²) >= 11 is 1.23. The molecule has 23 heavy (non-hydrogen) atoms. The molecule has 5 heteroatoms. The van der Waals surface area contributed by atoms with Gasteiger partial charge in [-0.1, -0.05) is 45.4 Å². The topological polar surface area (TPSA) is 67.3 Å². The highest BCUT2D eigenvalue weighted by atomic mass is 32.2. The molecule has 2 rings (SSSR count). The molecule has 4 nitrogen and oxygen atoms in total. The molecule has 0 aliphatic heterocycles. The largest absolute Gasteiger partial charge is 0.478 e. The van der Waals surface area contributed by atoms with Crippen molar-refractivity contribution in [1.82, 2.24) is 4.98 Å². The summed E-state index contributed by atoms with van der Waals surface area (Å²) in [5, 5.41) is 9.73. The number of hydrogen-bond acceptors (Lipinski definition) is 4. The van der Waals surface area contributed by atoms with Gasteiger partial charge in [-0.3, -0.25) is 9.78 Å². The number of hydrogen-bond donors (Lipinski definition) is 1. The minimum absolute atomic E-state index is 0.0471. The average Bonchev–Trinajstić information content (AvgIpc) is 3.06. The second kappa shape index (κ2) is 7.95. The van der Waals surface area contributed by atoms with Crippen LogP contribution in [0.1, 0.15) is 90.0 Å². The van der Waals surface area contributed by atoms with Crippen molar-refractivity contribution in [3.05, 3.63) is 28.1 Å². The van der Waals surface area contributed by atoms with Gasteiger partial charge in [-0.05, 0) is 37.0 Å². The predicted molar refractivity (Wildman–Crippen MR) is 93.6 cm³/mol. The van der Waals surface area contributed by atoms with Crippen molar-refractivity contribution in [2.24, 2.45) is 0 Å². The minimum Gasteiger partial charge on any atom is -0.478 e. The maximum absolute atomic E-state index is 12.5. The molecule has 126 valence electrons. The monoisotopic (exact) mass is 335 g/mol. The zero-order chi connectivity index (χ0) is 17.0. The number of carboxylic acid groups (broad SMARTS) is 1. The first kappa shape index (κ1) is 18.0. The third-order valence-electron chi connectivity index (χ3n) is 4.53. The molecule has 1 fully saturated rings. The summed E-state index contributed by atoms with van der Waals surface area (Å²) in [6, 6.07) is 0. The minimum atomic E-state index is -0.950. The van der Waals surface area contributed by atoms with Crippen molar-refractivity contribution in [1.29, 1.82) is 0 Å². The van der Waals surface area contributed by atoms with Gasteiger partial charge in [-0.2, -0.15) is 0 Å². The third kappa shape index (κ3) is 3.60. The van der Waals surface area contributed by atoms with Crippen molar-refractivity contribution < 1.29 is 14.7 Å². The van der Waals surface area contributed by atoms with Gasteiger partial charge in [-0.25, -0.2) is 4.79 Å². The van der Waals surface area contributed by atoms with Gasteiger partial charge in [0.1, 0.15) is 0 Å². The van der Waals surface area contributed by atoms with E-state index in [2.05, 4.69) is 0 Å². The van der Waals surface area contributed by atoms with Crippen LogP contribution >= 0.6 is 11.8 Å². The van der Waals surface area contributed by atoms with E-state index in [4.69, 9.17) is 4.98 Å². The number of thioether (sulfide) groups is 1. The Hall–Kier alpha value is -1.36. The van der Waals surface area contributed by atoms with E-state index in [0.717, 1.165) is 31.4 Å². The first-order valence-corrected chi connectivity index (χ1v) is 9.49. The predicted octanol–water partition coefficient (Wildman–Crippen LogP) is 4.46. The fraction of sp³-hybridized carbons (Fsp3) is 0.611. The van der Waals surface area contributed by atoms with Crippen LogP contribution in [0, 0.1) is 0 Å². The van der Waals surface area contributed by atoms with E-state index in [1.165, 1.54) is 11.8 Å². The number of nitrogens with zero attached hydrogens (tertiary/aromatic N) is 1. The highest BCUT2D eigenvalue weighted by molar-refractivity contribution is 8.14. The maximum Gasteiger partial charge on any atom is 0.337 e. The standard InChI is InChI=1S/C18H25NO3S/c1-4-12-14(18(22)23-6-3)13(5-2)19-16(15(12)17(20)21)11-9-7-8-10-11/h11H,4-10H2,1-3H3,(H,20,21). The lowest BCUT2D eigenvalue weighted by molar-refractivity contribution is 0.0693. The Morgan fingerprint density at radius 3 is 2.26 bits per heavy atom. The van der Waals surface area contributed by atoms with Gasteiger partial charge in [-0.15, -0.1) is 0 Å².